The van der Waals surface area contributed by atoms with Gasteiger partial charge < -0.3 is 4.74 Å². The van der Waals surface area contributed by atoms with Crippen molar-refractivity contribution in [1.82, 2.24) is 4.31 Å². The largest absolute Gasteiger partial charge is 0.379 e. The number of non-ortho nitro benzene ring substituents is 1. The van der Waals surface area contributed by atoms with E-state index < -0.39 is 25.0 Å². The van der Waals surface area contributed by atoms with E-state index in [0.717, 1.165) is 6.07 Å². The van der Waals surface area contributed by atoms with Gasteiger partial charge in [-0.05, 0) is 30.3 Å². The number of anilines is 1. The number of hydrogen-bond donors (Lipinski definition) is 1. The lowest BCUT2D eigenvalue weighted by Crippen LogP contribution is -2.40. The van der Waals surface area contributed by atoms with Crippen LogP contribution in [0.2, 0.25) is 0 Å². The van der Waals surface area contributed by atoms with Crippen LogP contribution in [-0.4, -0.2) is 52.4 Å². The van der Waals surface area contributed by atoms with Gasteiger partial charge in [0, 0.05) is 30.9 Å². The van der Waals surface area contributed by atoms with Crippen LogP contribution in [0.1, 0.15) is 0 Å². The van der Waals surface area contributed by atoms with Crippen LogP contribution in [0.4, 0.5) is 11.4 Å². The Morgan fingerprint density at radius 3 is 2.21 bits per heavy atom. The Morgan fingerprint density at radius 1 is 0.964 bits per heavy atom. The first-order valence-electron chi connectivity index (χ1n) is 8.15. The summed E-state index contributed by atoms with van der Waals surface area (Å²) in [6.07, 6.45) is 0. The zero-order chi connectivity index (χ0) is 20.4. The van der Waals surface area contributed by atoms with Crippen LogP contribution in [0.15, 0.2) is 58.3 Å². The Bertz CT molecular complexity index is 1080. The Labute approximate surface area is 162 Å². The summed E-state index contributed by atoms with van der Waals surface area (Å²) >= 11 is 0. The van der Waals surface area contributed by atoms with Crippen molar-refractivity contribution in [3.63, 3.8) is 0 Å². The second-order valence-electron chi connectivity index (χ2n) is 5.90. The standard InChI is InChI=1S/C16H17N3O7S2/c20-19(21)14-2-1-3-16(12-14)27(22,23)17-13-4-6-15(7-5-13)28(24,25)18-8-10-26-11-9-18/h1-7,12,17H,8-11H2. The number of ether oxygens (including phenoxy) is 1. The Morgan fingerprint density at radius 2 is 1.61 bits per heavy atom. The average Bonchev–Trinajstić information content (AvgIpc) is 2.69. The number of nitro benzene ring substituents is 1. The minimum absolute atomic E-state index is 0.0349. The molecule has 0 spiro atoms. The van der Waals surface area contributed by atoms with Crippen LogP contribution < -0.4 is 4.72 Å². The van der Waals surface area contributed by atoms with Crippen LogP contribution in [0.3, 0.4) is 0 Å². The van der Waals surface area contributed by atoms with Crippen molar-refractivity contribution in [3.05, 3.63) is 58.6 Å². The van der Waals surface area contributed by atoms with Crippen molar-refractivity contribution in [2.24, 2.45) is 0 Å². The zero-order valence-electron chi connectivity index (χ0n) is 14.5. The quantitative estimate of drug-likeness (QED) is 0.544. The molecule has 0 amide bonds. The van der Waals surface area contributed by atoms with Gasteiger partial charge in [-0.15, -0.1) is 0 Å². The molecule has 28 heavy (non-hydrogen) atoms. The van der Waals surface area contributed by atoms with Gasteiger partial charge in [0.2, 0.25) is 10.0 Å². The fraction of sp³-hybridized carbons (Fsp3) is 0.250. The van der Waals surface area contributed by atoms with Crippen LogP contribution in [0.5, 0.6) is 0 Å². The molecule has 2 aromatic rings. The molecule has 0 unspecified atom stereocenters. The van der Waals surface area contributed by atoms with E-state index in [1.165, 1.54) is 46.8 Å². The molecule has 1 heterocycles. The van der Waals surface area contributed by atoms with Gasteiger partial charge in [-0.3, -0.25) is 14.8 Å². The number of morpholine rings is 1. The van der Waals surface area contributed by atoms with Gasteiger partial charge in [0.05, 0.1) is 27.9 Å². The molecule has 1 aliphatic rings. The molecule has 0 saturated carbocycles. The molecule has 150 valence electrons. The molecule has 1 aliphatic heterocycles. The predicted octanol–water partition coefficient (Wildman–Crippen LogP) is 1.42. The molecule has 1 saturated heterocycles. The highest BCUT2D eigenvalue weighted by Gasteiger charge is 2.26. The van der Waals surface area contributed by atoms with Gasteiger partial charge in [-0.1, -0.05) is 6.07 Å². The number of rotatable bonds is 6. The summed E-state index contributed by atoms with van der Waals surface area (Å²) in [4.78, 5) is 9.90. The fourth-order valence-electron chi connectivity index (χ4n) is 2.61. The highest BCUT2D eigenvalue weighted by Crippen LogP contribution is 2.23. The van der Waals surface area contributed by atoms with E-state index >= 15 is 0 Å². The summed E-state index contributed by atoms with van der Waals surface area (Å²) in [5, 5.41) is 10.8. The van der Waals surface area contributed by atoms with Gasteiger partial charge >= 0.3 is 0 Å². The van der Waals surface area contributed by atoms with Crippen LogP contribution >= 0.6 is 0 Å². The Balaban J connectivity index is 1.80. The van der Waals surface area contributed by atoms with Crippen molar-refractivity contribution in [1.29, 1.82) is 0 Å². The van der Waals surface area contributed by atoms with E-state index in [2.05, 4.69) is 4.72 Å². The van der Waals surface area contributed by atoms with E-state index in [0.29, 0.717) is 13.2 Å². The average molecular weight is 427 g/mol. The fourth-order valence-corrected chi connectivity index (χ4v) is 5.12. The molecule has 0 aromatic heterocycles. The molecule has 0 radical (unpaired) electrons. The molecule has 3 rings (SSSR count). The number of nitrogens with one attached hydrogen (secondary N) is 1. The molecule has 2 aromatic carbocycles. The lowest BCUT2D eigenvalue weighted by atomic mass is 10.3. The maximum Gasteiger partial charge on any atom is 0.270 e. The first-order chi connectivity index (χ1) is 13.2. The summed E-state index contributed by atoms with van der Waals surface area (Å²) < 4.78 is 58.7. The van der Waals surface area contributed by atoms with E-state index in [-0.39, 0.29) is 34.3 Å². The molecule has 10 nitrogen and oxygen atoms in total. The molecule has 12 heteroatoms. The van der Waals surface area contributed by atoms with Gasteiger partial charge in [-0.25, -0.2) is 16.8 Å². The van der Waals surface area contributed by atoms with Gasteiger partial charge in [0.15, 0.2) is 0 Å². The van der Waals surface area contributed by atoms with Crippen LogP contribution in [0, 0.1) is 10.1 Å². The zero-order valence-corrected chi connectivity index (χ0v) is 16.1. The van der Waals surface area contributed by atoms with Crippen LogP contribution in [0.25, 0.3) is 0 Å². The summed E-state index contributed by atoms with van der Waals surface area (Å²) in [7, 11) is -7.76. The van der Waals surface area contributed by atoms with E-state index in [1.54, 1.807) is 0 Å². The van der Waals surface area contributed by atoms with Crippen LogP contribution in [-0.2, 0) is 24.8 Å². The third-order valence-electron chi connectivity index (χ3n) is 4.05. The second kappa shape index (κ2) is 7.83. The minimum atomic E-state index is -4.07. The van der Waals surface area contributed by atoms with E-state index in [1.807, 2.05) is 0 Å². The molecular formula is C16H17N3O7S2. The second-order valence-corrected chi connectivity index (χ2v) is 9.52. The predicted molar refractivity (Wildman–Crippen MR) is 99.9 cm³/mol. The number of benzene rings is 2. The monoisotopic (exact) mass is 427 g/mol. The smallest absolute Gasteiger partial charge is 0.270 e. The topological polar surface area (TPSA) is 136 Å². The summed E-state index contributed by atoms with van der Waals surface area (Å²) in [6, 6.07) is 9.87. The lowest BCUT2D eigenvalue weighted by molar-refractivity contribution is -0.385. The van der Waals surface area contributed by atoms with Crippen molar-refractivity contribution in [3.8, 4) is 0 Å². The minimum Gasteiger partial charge on any atom is -0.379 e. The molecule has 1 fully saturated rings. The van der Waals surface area contributed by atoms with E-state index in [4.69, 9.17) is 4.74 Å². The number of nitrogens with zero attached hydrogens (tertiary/aromatic N) is 2. The first kappa shape index (κ1) is 20.2. The van der Waals surface area contributed by atoms with Gasteiger partial charge in [0.25, 0.3) is 15.7 Å². The molecule has 0 bridgehead atoms. The third-order valence-corrected chi connectivity index (χ3v) is 7.34. The molecular weight excluding hydrogens is 410 g/mol. The maximum atomic E-state index is 12.6. The number of nitro groups is 1. The van der Waals surface area contributed by atoms with Crippen molar-refractivity contribution in [2.45, 2.75) is 9.79 Å². The van der Waals surface area contributed by atoms with Crippen molar-refractivity contribution >= 4 is 31.4 Å². The summed E-state index contributed by atoms with van der Waals surface area (Å²) in [6.45, 7) is 1.15. The van der Waals surface area contributed by atoms with Crippen molar-refractivity contribution in [2.75, 3.05) is 31.0 Å². The number of sulfonamides is 2. The molecule has 0 aliphatic carbocycles. The van der Waals surface area contributed by atoms with Gasteiger partial charge in [0.1, 0.15) is 0 Å². The highest BCUT2D eigenvalue weighted by atomic mass is 32.2. The Kier molecular flexibility index (Phi) is 5.65. The lowest BCUT2D eigenvalue weighted by Gasteiger charge is -2.26. The Hall–Kier alpha value is -2.54. The van der Waals surface area contributed by atoms with E-state index in [9.17, 15) is 26.9 Å². The normalized spacial score (nSPS) is 15.9. The highest BCUT2D eigenvalue weighted by molar-refractivity contribution is 7.92. The van der Waals surface area contributed by atoms with Crippen molar-refractivity contribution < 1.29 is 26.5 Å². The SMILES string of the molecule is O=[N+]([O-])c1cccc(S(=O)(=O)Nc2ccc(S(=O)(=O)N3CCOCC3)cc2)c1. The summed E-state index contributed by atoms with van der Waals surface area (Å²) in [5.41, 5.74) is -0.220. The maximum absolute atomic E-state index is 12.6. The molecule has 1 N–H and O–H groups in total. The van der Waals surface area contributed by atoms with Gasteiger partial charge in [-0.2, -0.15) is 4.31 Å². The first-order valence-corrected chi connectivity index (χ1v) is 11.1. The molecule has 0 atom stereocenters. The third kappa shape index (κ3) is 4.30. The summed E-state index contributed by atoms with van der Waals surface area (Å²) in [5.74, 6) is 0. The number of hydrogen-bond acceptors (Lipinski definition) is 7.